The summed E-state index contributed by atoms with van der Waals surface area (Å²) in [5, 5.41) is 3.53. The van der Waals surface area contributed by atoms with E-state index in [-0.39, 0.29) is 5.56 Å². The molecule has 0 aliphatic heterocycles. The Labute approximate surface area is 196 Å². The van der Waals surface area contributed by atoms with E-state index in [0.29, 0.717) is 28.1 Å². The van der Waals surface area contributed by atoms with Gasteiger partial charge in [-0.15, -0.1) is 0 Å². The average molecular weight is 489 g/mol. The quantitative estimate of drug-likeness (QED) is 0.408. The first kappa shape index (κ1) is 24.9. The second kappa shape index (κ2) is 9.26. The van der Waals surface area contributed by atoms with Gasteiger partial charge >= 0.3 is 5.69 Å². The van der Waals surface area contributed by atoms with Gasteiger partial charge in [0, 0.05) is 29.0 Å². The number of hydrogen-bond donors (Lipinski definition) is 2. The predicted molar refractivity (Wildman–Crippen MR) is 129 cm³/mol. The van der Waals surface area contributed by atoms with Crippen molar-refractivity contribution in [1.82, 2.24) is 14.4 Å². The molecule has 0 bridgehead atoms. The molecule has 0 atom stereocenters. The van der Waals surface area contributed by atoms with Crippen LogP contribution < -0.4 is 20.8 Å². The summed E-state index contributed by atoms with van der Waals surface area (Å²) in [7, 11) is -2.08. The Kier molecular flexibility index (Phi) is 6.78. The van der Waals surface area contributed by atoms with Crippen LogP contribution in [0.4, 0.5) is 4.39 Å². The van der Waals surface area contributed by atoms with Gasteiger partial charge in [0.15, 0.2) is 0 Å². The molecule has 0 radical (unpaired) electrons. The van der Waals surface area contributed by atoms with E-state index in [1.54, 1.807) is 18.2 Å². The van der Waals surface area contributed by atoms with Crippen molar-refractivity contribution in [2.45, 2.75) is 26.2 Å². The number of hydrazone groups is 1. The number of nitrogens with zero attached hydrogens (tertiary/aromatic N) is 2. The van der Waals surface area contributed by atoms with Gasteiger partial charge in [-0.1, -0.05) is 26.8 Å². The van der Waals surface area contributed by atoms with E-state index < -0.39 is 32.5 Å². The Balaban J connectivity index is 2.24. The molecule has 3 aromatic rings. The van der Waals surface area contributed by atoms with E-state index >= 15 is 0 Å². The van der Waals surface area contributed by atoms with Crippen molar-refractivity contribution in [1.29, 1.82) is 0 Å². The maximum atomic E-state index is 14.9. The van der Waals surface area contributed by atoms with Gasteiger partial charge in [0.25, 0.3) is 5.56 Å². The Morgan fingerprint density at radius 1 is 1.15 bits per heavy atom. The Morgan fingerprint density at radius 2 is 1.85 bits per heavy atom. The molecule has 0 aliphatic rings. The normalized spacial score (nSPS) is 12.2. The van der Waals surface area contributed by atoms with Gasteiger partial charge in [-0.25, -0.2) is 27.0 Å². The van der Waals surface area contributed by atoms with Gasteiger partial charge in [-0.2, -0.15) is 5.10 Å². The summed E-state index contributed by atoms with van der Waals surface area (Å²) < 4.78 is 43.8. The topological polar surface area (TPSA) is 123 Å². The highest BCUT2D eigenvalue weighted by Crippen LogP contribution is 2.41. The van der Waals surface area contributed by atoms with E-state index in [9.17, 15) is 22.4 Å². The highest BCUT2D eigenvalue weighted by molar-refractivity contribution is 7.88. The lowest BCUT2D eigenvalue weighted by Gasteiger charge is -2.25. The van der Waals surface area contributed by atoms with Crippen molar-refractivity contribution in [2.24, 2.45) is 5.10 Å². The molecule has 1 heterocycles. The zero-order valence-corrected chi connectivity index (χ0v) is 20.2. The smallest absolute Gasteiger partial charge is 0.332 e. The second-order valence-corrected chi connectivity index (χ2v) is 10.4. The number of ether oxygens (including phenoxy) is 1. The van der Waals surface area contributed by atoms with Gasteiger partial charge < -0.3 is 9.72 Å². The number of hydrogen-bond acceptors (Lipinski definition) is 6. The Hall–Kier alpha value is -3.73. The summed E-state index contributed by atoms with van der Waals surface area (Å²) in [5.41, 5.74) is 0.394. The first-order valence-corrected chi connectivity index (χ1v) is 12.0. The fourth-order valence-electron chi connectivity index (χ4n) is 3.39. The van der Waals surface area contributed by atoms with Crippen LogP contribution in [0, 0.1) is 5.82 Å². The average Bonchev–Trinajstić information content (AvgIpc) is 2.72. The zero-order valence-electron chi connectivity index (χ0n) is 19.3. The summed E-state index contributed by atoms with van der Waals surface area (Å²) in [6.45, 7) is 5.85. The van der Waals surface area contributed by atoms with Gasteiger partial charge in [0.1, 0.15) is 11.6 Å². The van der Waals surface area contributed by atoms with Gasteiger partial charge in [0.05, 0.1) is 25.3 Å². The molecule has 0 spiro atoms. The number of aromatic amines is 1. The predicted octanol–water partition coefficient (Wildman–Crippen LogP) is 2.52. The summed E-state index contributed by atoms with van der Waals surface area (Å²) >= 11 is 0. The maximum absolute atomic E-state index is 14.9. The van der Waals surface area contributed by atoms with E-state index in [4.69, 9.17) is 4.74 Å². The maximum Gasteiger partial charge on any atom is 0.332 e. The molecule has 0 saturated carbocycles. The summed E-state index contributed by atoms with van der Waals surface area (Å²) in [5.74, 6) is -0.188. The van der Waals surface area contributed by atoms with Gasteiger partial charge in [-0.3, -0.25) is 4.79 Å². The van der Waals surface area contributed by atoms with Crippen LogP contribution in [-0.4, -0.2) is 37.5 Å². The largest absolute Gasteiger partial charge is 0.496 e. The lowest BCUT2D eigenvalue weighted by molar-refractivity contribution is 0.399. The molecule has 3 rings (SSSR count). The second-order valence-electron chi connectivity index (χ2n) is 8.64. The van der Waals surface area contributed by atoms with Crippen molar-refractivity contribution in [3.05, 3.63) is 80.4 Å². The monoisotopic (exact) mass is 488 g/mol. The van der Waals surface area contributed by atoms with Crippen molar-refractivity contribution in [2.75, 3.05) is 13.4 Å². The van der Waals surface area contributed by atoms with Crippen LogP contribution in [0.1, 0.15) is 31.9 Å². The number of methoxy groups -OCH3 is 1. The SMILES string of the molecule is COc1c(-c2ccc(/C=N/NS(C)(=O)=O)c(F)c2)cc(-n2c(=O)cc[nH]c2=O)cc1C(C)(C)C. The Morgan fingerprint density at radius 3 is 2.41 bits per heavy atom. The molecule has 0 aliphatic carbocycles. The molecule has 2 aromatic carbocycles. The van der Waals surface area contributed by atoms with Gasteiger partial charge in [0.2, 0.25) is 10.0 Å². The highest BCUT2D eigenvalue weighted by Gasteiger charge is 2.24. The van der Waals surface area contributed by atoms with Gasteiger partial charge in [-0.05, 0) is 35.2 Å². The number of H-pyrrole nitrogens is 1. The van der Waals surface area contributed by atoms with Crippen molar-refractivity contribution < 1.29 is 17.5 Å². The minimum absolute atomic E-state index is 0.0572. The number of benzene rings is 2. The molecule has 34 heavy (non-hydrogen) atoms. The first-order valence-electron chi connectivity index (χ1n) is 10.2. The molecular weight excluding hydrogens is 463 g/mol. The Bertz CT molecular complexity index is 1460. The van der Waals surface area contributed by atoms with Crippen LogP contribution in [0.15, 0.2) is 57.3 Å². The number of sulfonamides is 1. The molecule has 9 nitrogen and oxygen atoms in total. The number of halogens is 1. The van der Waals surface area contributed by atoms with Crippen molar-refractivity contribution in [3.63, 3.8) is 0 Å². The van der Waals surface area contributed by atoms with Crippen LogP contribution in [0.2, 0.25) is 0 Å². The zero-order chi connectivity index (χ0) is 25.3. The van der Waals surface area contributed by atoms with Crippen LogP contribution in [0.3, 0.4) is 0 Å². The summed E-state index contributed by atoms with van der Waals surface area (Å²) in [4.78, 5) is 29.3. The molecule has 0 unspecified atom stereocenters. The third kappa shape index (κ3) is 5.42. The van der Waals surface area contributed by atoms with E-state index in [1.807, 2.05) is 25.6 Å². The third-order valence-electron chi connectivity index (χ3n) is 4.93. The van der Waals surface area contributed by atoms with E-state index in [1.165, 1.54) is 31.5 Å². The van der Waals surface area contributed by atoms with Crippen molar-refractivity contribution >= 4 is 16.2 Å². The van der Waals surface area contributed by atoms with Crippen molar-refractivity contribution in [3.8, 4) is 22.6 Å². The first-order chi connectivity index (χ1) is 15.8. The van der Waals surface area contributed by atoms with E-state index in [2.05, 4.69) is 10.1 Å². The van der Waals surface area contributed by atoms with E-state index in [0.717, 1.165) is 17.0 Å². The molecule has 0 fully saturated rings. The van der Waals surface area contributed by atoms with Crippen LogP contribution in [-0.2, 0) is 15.4 Å². The summed E-state index contributed by atoms with van der Waals surface area (Å²) in [6.07, 6.45) is 3.25. The fourth-order valence-corrected chi connectivity index (χ4v) is 3.64. The molecule has 0 amide bonds. The standard InChI is InChI=1S/C23H25FN4O5S/c1-23(2,3)18-12-16(28-20(29)8-9-25-22(28)30)11-17(21(18)33-4)14-6-7-15(19(24)10-14)13-26-27-34(5,31)32/h6-13,27H,1-5H3,(H,25,30)/b26-13+. The molecule has 1 aromatic heterocycles. The molecule has 2 N–H and O–H groups in total. The molecule has 11 heteroatoms. The molecular formula is C23H25FN4O5S. The minimum Gasteiger partial charge on any atom is -0.496 e. The third-order valence-corrected chi connectivity index (χ3v) is 5.37. The number of aromatic nitrogens is 2. The number of rotatable bonds is 6. The number of nitrogens with one attached hydrogen (secondary N) is 2. The summed E-state index contributed by atoms with van der Waals surface area (Å²) in [6, 6.07) is 8.80. The molecule has 180 valence electrons. The van der Waals surface area contributed by atoms with Crippen LogP contribution in [0.25, 0.3) is 16.8 Å². The van der Waals surface area contributed by atoms with Crippen LogP contribution >= 0.6 is 0 Å². The lowest BCUT2D eigenvalue weighted by atomic mass is 9.83. The highest BCUT2D eigenvalue weighted by atomic mass is 32.2. The molecule has 0 saturated heterocycles. The minimum atomic E-state index is -3.57. The van der Waals surface area contributed by atoms with Crippen LogP contribution in [0.5, 0.6) is 5.75 Å². The lowest BCUT2D eigenvalue weighted by Crippen LogP contribution is -2.32. The fraction of sp³-hybridized carbons (Fsp3) is 0.261.